The van der Waals surface area contributed by atoms with Crippen LogP contribution in [0.3, 0.4) is 0 Å². The molecule has 0 heterocycles. The Hall–Kier alpha value is -0.670. The fourth-order valence-corrected chi connectivity index (χ4v) is 3.94. The third-order valence-electron chi connectivity index (χ3n) is 5.60. The van der Waals surface area contributed by atoms with Gasteiger partial charge in [-0.15, -0.1) is 0 Å². The molecule has 0 aromatic rings. The second-order valence-electron chi connectivity index (χ2n) is 8.15. The molecule has 4 atom stereocenters. The van der Waals surface area contributed by atoms with Crippen molar-refractivity contribution in [2.24, 2.45) is 23.2 Å². The molecule has 0 aromatic heterocycles. The molecule has 0 N–H and O–H groups in total. The average Bonchev–Trinajstić information content (AvgIpc) is 3.11. The normalized spacial score (nSPS) is 34.3. The minimum atomic E-state index is 0.210. The van der Waals surface area contributed by atoms with Crippen LogP contribution in [0.4, 0.5) is 0 Å². The van der Waals surface area contributed by atoms with E-state index < -0.39 is 0 Å². The summed E-state index contributed by atoms with van der Waals surface area (Å²) in [6, 6.07) is 0. The zero-order chi connectivity index (χ0) is 17.5. The van der Waals surface area contributed by atoms with Gasteiger partial charge in [0.25, 0.3) is 0 Å². The Bertz CT molecular complexity index is 391. The van der Waals surface area contributed by atoms with Crippen LogP contribution in [0, 0.1) is 23.2 Å². The number of fused-ring (bicyclic) bond motifs is 1. The second-order valence-corrected chi connectivity index (χ2v) is 8.15. The molecule has 134 valence electrons. The summed E-state index contributed by atoms with van der Waals surface area (Å²) in [5.74, 6) is 1.65. The summed E-state index contributed by atoms with van der Waals surface area (Å²) in [5, 5.41) is 0. The number of rotatable bonds is 4. The Morgan fingerprint density at radius 3 is 2.65 bits per heavy atom. The van der Waals surface area contributed by atoms with Crippen LogP contribution in [0.15, 0.2) is 11.6 Å². The Balaban J connectivity index is 0.000000816. The summed E-state index contributed by atoms with van der Waals surface area (Å²) in [6.45, 7) is 5.61. The van der Waals surface area contributed by atoms with Crippen molar-refractivity contribution in [3.05, 3.63) is 11.6 Å². The predicted molar refractivity (Wildman–Crippen MR) is 97.6 cm³/mol. The van der Waals surface area contributed by atoms with Crippen molar-refractivity contribution in [1.82, 2.24) is 4.90 Å². The van der Waals surface area contributed by atoms with E-state index in [2.05, 4.69) is 43.7 Å². The highest BCUT2D eigenvalue weighted by Gasteiger charge is 2.50. The van der Waals surface area contributed by atoms with Crippen molar-refractivity contribution in [3.8, 4) is 0 Å². The molecule has 0 amide bonds. The fraction of sp³-hybridized carbons (Fsp3) is 0.850. The van der Waals surface area contributed by atoms with Crippen molar-refractivity contribution >= 4 is 6.29 Å². The summed E-state index contributed by atoms with van der Waals surface area (Å²) in [5.41, 5.74) is 2.09. The van der Waals surface area contributed by atoms with Crippen LogP contribution in [-0.4, -0.2) is 46.0 Å². The summed E-state index contributed by atoms with van der Waals surface area (Å²) in [7, 11) is 7.39. The number of hydrogen-bond acceptors (Lipinski definition) is 3. The molecule has 0 spiro atoms. The van der Waals surface area contributed by atoms with E-state index in [-0.39, 0.29) is 5.92 Å². The van der Waals surface area contributed by atoms with E-state index in [1.165, 1.54) is 50.4 Å². The third-order valence-corrected chi connectivity index (χ3v) is 5.60. The SMILES string of the molecule is C/C1=C\CCC2(C)CC2CC(C(C=O)CN(C)C)CC1.COC. The lowest BCUT2D eigenvalue weighted by Gasteiger charge is -2.27. The number of allylic oxidation sites excluding steroid dienone is 2. The van der Waals surface area contributed by atoms with Gasteiger partial charge >= 0.3 is 0 Å². The maximum absolute atomic E-state index is 11.5. The van der Waals surface area contributed by atoms with Gasteiger partial charge in [-0.1, -0.05) is 18.6 Å². The number of hydrogen-bond donors (Lipinski definition) is 0. The van der Waals surface area contributed by atoms with E-state index in [1.807, 2.05) is 0 Å². The van der Waals surface area contributed by atoms with Crippen LogP contribution in [0.2, 0.25) is 0 Å². The van der Waals surface area contributed by atoms with Crippen molar-refractivity contribution in [3.63, 3.8) is 0 Å². The highest BCUT2D eigenvalue weighted by atomic mass is 16.4. The van der Waals surface area contributed by atoms with Gasteiger partial charge in [-0.25, -0.2) is 0 Å². The van der Waals surface area contributed by atoms with Crippen molar-refractivity contribution in [2.45, 2.75) is 52.4 Å². The molecule has 0 saturated heterocycles. The summed E-state index contributed by atoms with van der Waals surface area (Å²) < 4.78 is 4.25. The lowest BCUT2D eigenvalue weighted by Crippen LogP contribution is -2.29. The van der Waals surface area contributed by atoms with E-state index in [1.54, 1.807) is 14.2 Å². The third kappa shape index (κ3) is 6.76. The first kappa shape index (κ1) is 20.4. The molecule has 23 heavy (non-hydrogen) atoms. The monoisotopic (exact) mass is 323 g/mol. The molecular weight excluding hydrogens is 286 g/mol. The van der Waals surface area contributed by atoms with Gasteiger partial charge in [0.2, 0.25) is 0 Å². The Morgan fingerprint density at radius 1 is 1.43 bits per heavy atom. The zero-order valence-corrected chi connectivity index (χ0v) is 16.1. The smallest absolute Gasteiger partial charge is 0.124 e. The number of aldehydes is 1. The van der Waals surface area contributed by atoms with Gasteiger partial charge in [0.15, 0.2) is 0 Å². The first-order chi connectivity index (χ1) is 10.9. The predicted octanol–water partition coefficient (Wildman–Crippen LogP) is 4.18. The molecule has 3 heteroatoms. The summed E-state index contributed by atoms with van der Waals surface area (Å²) in [6.07, 6.45) is 11.2. The maximum atomic E-state index is 11.5. The summed E-state index contributed by atoms with van der Waals surface area (Å²) >= 11 is 0. The Morgan fingerprint density at radius 2 is 2.09 bits per heavy atom. The molecule has 3 nitrogen and oxygen atoms in total. The lowest BCUT2D eigenvalue weighted by atomic mass is 9.81. The quantitative estimate of drug-likeness (QED) is 0.574. The lowest BCUT2D eigenvalue weighted by molar-refractivity contribution is -0.113. The molecule has 2 rings (SSSR count). The van der Waals surface area contributed by atoms with Crippen molar-refractivity contribution in [1.29, 1.82) is 0 Å². The highest BCUT2D eigenvalue weighted by molar-refractivity contribution is 5.54. The van der Waals surface area contributed by atoms with Crippen LogP contribution in [-0.2, 0) is 9.53 Å². The first-order valence-corrected chi connectivity index (χ1v) is 9.02. The second kappa shape index (κ2) is 9.58. The van der Waals surface area contributed by atoms with Gasteiger partial charge in [-0.2, -0.15) is 0 Å². The molecule has 1 fully saturated rings. The molecule has 0 radical (unpaired) electrons. The van der Waals surface area contributed by atoms with Crippen LogP contribution < -0.4 is 0 Å². The highest BCUT2D eigenvalue weighted by Crippen LogP contribution is 2.59. The van der Waals surface area contributed by atoms with E-state index in [0.29, 0.717) is 11.3 Å². The molecule has 0 aliphatic heterocycles. The topological polar surface area (TPSA) is 29.5 Å². The molecule has 2 aliphatic carbocycles. The van der Waals surface area contributed by atoms with E-state index in [0.717, 1.165) is 12.5 Å². The first-order valence-electron chi connectivity index (χ1n) is 9.02. The zero-order valence-electron chi connectivity index (χ0n) is 16.1. The largest absolute Gasteiger partial charge is 0.388 e. The molecule has 2 aliphatic rings. The number of nitrogens with zero attached hydrogens (tertiary/aromatic N) is 1. The van der Waals surface area contributed by atoms with E-state index in [4.69, 9.17) is 0 Å². The standard InChI is InChI=1S/C18H31NO.C2H6O/c1-14-6-5-9-18(2)11-17(18)10-15(8-7-14)16(13-20)12-19(3)4;1-3-2/h6,13,15-17H,5,7-12H2,1-4H3;1-2H3/b14-6+;. The van der Waals surface area contributed by atoms with Gasteiger partial charge < -0.3 is 14.4 Å². The van der Waals surface area contributed by atoms with Crippen LogP contribution in [0.25, 0.3) is 0 Å². The molecular formula is C20H37NO2. The fourth-order valence-electron chi connectivity index (χ4n) is 3.94. The Labute approximate surface area is 143 Å². The number of carbonyl (C=O) groups is 1. The van der Waals surface area contributed by atoms with Crippen LogP contribution >= 0.6 is 0 Å². The maximum Gasteiger partial charge on any atom is 0.124 e. The minimum Gasteiger partial charge on any atom is -0.388 e. The van der Waals surface area contributed by atoms with Gasteiger partial charge in [0, 0.05) is 26.7 Å². The molecule has 1 saturated carbocycles. The summed E-state index contributed by atoms with van der Waals surface area (Å²) in [4.78, 5) is 13.7. The van der Waals surface area contributed by atoms with Gasteiger partial charge in [-0.05, 0) is 76.8 Å². The van der Waals surface area contributed by atoms with Crippen molar-refractivity contribution < 1.29 is 9.53 Å². The van der Waals surface area contributed by atoms with Gasteiger partial charge in [0.1, 0.15) is 6.29 Å². The van der Waals surface area contributed by atoms with E-state index >= 15 is 0 Å². The average molecular weight is 324 g/mol. The van der Waals surface area contributed by atoms with Gasteiger partial charge in [0.05, 0.1) is 0 Å². The minimum absolute atomic E-state index is 0.210. The number of methoxy groups -OCH3 is 1. The van der Waals surface area contributed by atoms with Crippen LogP contribution in [0.1, 0.15) is 52.4 Å². The number of ether oxygens (including phenoxy) is 1. The van der Waals surface area contributed by atoms with Gasteiger partial charge in [-0.3, -0.25) is 0 Å². The molecule has 4 unspecified atom stereocenters. The number of carbonyl (C=O) groups excluding carboxylic acids is 1. The van der Waals surface area contributed by atoms with Crippen LogP contribution in [0.5, 0.6) is 0 Å². The van der Waals surface area contributed by atoms with Crippen molar-refractivity contribution in [2.75, 3.05) is 34.9 Å². The molecule has 0 aromatic carbocycles. The van der Waals surface area contributed by atoms with E-state index in [9.17, 15) is 4.79 Å². The Kier molecular flexibility index (Phi) is 8.49. The molecule has 0 bridgehead atoms.